The van der Waals surface area contributed by atoms with Crippen LogP contribution >= 0.6 is 31.9 Å². The average molecular weight is 386 g/mol. The number of esters is 1. The molecule has 0 radical (unpaired) electrons. The Balaban J connectivity index is 2.70. The standard InChI is InChI=1S/C12H12Br2F2O2/c1-2-18-11(17)6-8(13)12(14)7-3-4-9(15)10(16)5-7/h3-5,8,12H,2,6H2,1H3. The van der Waals surface area contributed by atoms with E-state index in [4.69, 9.17) is 4.74 Å². The number of carbonyl (C=O) groups excluding carboxylic acids is 1. The average Bonchev–Trinajstić information content (AvgIpc) is 2.32. The maximum Gasteiger partial charge on any atom is 0.306 e. The third kappa shape index (κ3) is 4.31. The fourth-order valence-corrected chi connectivity index (χ4v) is 2.42. The van der Waals surface area contributed by atoms with Crippen LogP contribution in [0.15, 0.2) is 18.2 Å². The molecule has 2 nitrogen and oxygen atoms in total. The summed E-state index contributed by atoms with van der Waals surface area (Å²) in [6, 6.07) is 3.63. The molecule has 0 amide bonds. The molecule has 0 spiro atoms. The van der Waals surface area contributed by atoms with E-state index in [0.29, 0.717) is 12.2 Å². The van der Waals surface area contributed by atoms with Gasteiger partial charge in [-0.05, 0) is 24.6 Å². The van der Waals surface area contributed by atoms with Crippen LogP contribution < -0.4 is 0 Å². The second kappa shape index (κ2) is 7.19. The number of benzene rings is 1. The van der Waals surface area contributed by atoms with E-state index in [0.717, 1.165) is 12.1 Å². The molecule has 6 heteroatoms. The Bertz CT molecular complexity index is 427. The van der Waals surface area contributed by atoms with Crippen LogP contribution in [0.1, 0.15) is 23.7 Å². The van der Waals surface area contributed by atoms with Gasteiger partial charge in [-0.1, -0.05) is 37.9 Å². The van der Waals surface area contributed by atoms with Gasteiger partial charge in [0.1, 0.15) is 0 Å². The van der Waals surface area contributed by atoms with Crippen LogP contribution in [0, 0.1) is 11.6 Å². The Labute approximate surface area is 121 Å². The number of hydrogen-bond acceptors (Lipinski definition) is 2. The van der Waals surface area contributed by atoms with Crippen LogP contribution in [0.3, 0.4) is 0 Å². The molecule has 1 aromatic carbocycles. The molecule has 0 heterocycles. The van der Waals surface area contributed by atoms with Gasteiger partial charge in [-0.3, -0.25) is 4.79 Å². The topological polar surface area (TPSA) is 26.3 Å². The second-order valence-corrected chi connectivity index (χ2v) is 5.76. The highest BCUT2D eigenvalue weighted by atomic mass is 79.9. The SMILES string of the molecule is CCOC(=O)CC(Br)C(Br)c1ccc(F)c(F)c1. The van der Waals surface area contributed by atoms with Crippen LogP contribution in [0.25, 0.3) is 0 Å². The van der Waals surface area contributed by atoms with Crippen LogP contribution in [0.5, 0.6) is 0 Å². The predicted octanol–water partition coefficient (Wildman–Crippen LogP) is 4.12. The first-order valence-electron chi connectivity index (χ1n) is 5.34. The molecule has 18 heavy (non-hydrogen) atoms. The fraction of sp³-hybridized carbons (Fsp3) is 0.417. The number of carbonyl (C=O) groups is 1. The summed E-state index contributed by atoms with van der Waals surface area (Å²) in [6.45, 7) is 2.04. The van der Waals surface area contributed by atoms with Crippen LogP contribution in [-0.4, -0.2) is 17.4 Å². The van der Waals surface area contributed by atoms with E-state index < -0.39 is 11.6 Å². The summed E-state index contributed by atoms with van der Waals surface area (Å²) < 4.78 is 30.7. The van der Waals surface area contributed by atoms with Crippen molar-refractivity contribution in [2.75, 3.05) is 6.61 Å². The molecule has 0 aliphatic rings. The zero-order valence-corrected chi connectivity index (χ0v) is 12.8. The zero-order valence-electron chi connectivity index (χ0n) is 9.63. The van der Waals surface area contributed by atoms with E-state index in [1.165, 1.54) is 6.07 Å². The normalized spacial score (nSPS) is 14.1. The summed E-state index contributed by atoms with van der Waals surface area (Å²) in [7, 11) is 0. The van der Waals surface area contributed by atoms with Gasteiger partial charge in [0.05, 0.1) is 17.9 Å². The quantitative estimate of drug-likeness (QED) is 0.563. The maximum atomic E-state index is 13.1. The summed E-state index contributed by atoms with van der Waals surface area (Å²) in [5, 5.41) is 0. The minimum Gasteiger partial charge on any atom is -0.466 e. The lowest BCUT2D eigenvalue weighted by atomic mass is 10.1. The molecular weight excluding hydrogens is 374 g/mol. The van der Waals surface area contributed by atoms with Crippen molar-refractivity contribution in [1.29, 1.82) is 0 Å². The van der Waals surface area contributed by atoms with E-state index in [9.17, 15) is 13.6 Å². The lowest BCUT2D eigenvalue weighted by Crippen LogP contribution is -2.15. The van der Waals surface area contributed by atoms with Crippen molar-refractivity contribution in [2.24, 2.45) is 0 Å². The molecule has 0 fully saturated rings. The lowest BCUT2D eigenvalue weighted by Gasteiger charge is -2.16. The van der Waals surface area contributed by atoms with E-state index in [1.54, 1.807) is 6.92 Å². The zero-order chi connectivity index (χ0) is 13.7. The molecule has 100 valence electrons. The van der Waals surface area contributed by atoms with Crippen LogP contribution in [0.4, 0.5) is 8.78 Å². The van der Waals surface area contributed by atoms with Crippen molar-refractivity contribution < 1.29 is 18.3 Å². The van der Waals surface area contributed by atoms with Gasteiger partial charge in [-0.25, -0.2) is 8.78 Å². The molecule has 1 aromatic rings. The number of alkyl halides is 2. The first kappa shape index (κ1) is 15.6. The summed E-state index contributed by atoms with van der Waals surface area (Å²) in [4.78, 5) is 10.7. The Hall–Kier alpha value is -0.490. The highest BCUT2D eigenvalue weighted by Crippen LogP contribution is 2.33. The van der Waals surface area contributed by atoms with Gasteiger partial charge in [0.15, 0.2) is 11.6 Å². The van der Waals surface area contributed by atoms with Crippen molar-refractivity contribution in [3.8, 4) is 0 Å². The molecule has 0 aliphatic carbocycles. The van der Waals surface area contributed by atoms with Gasteiger partial charge in [0.25, 0.3) is 0 Å². The van der Waals surface area contributed by atoms with E-state index in [2.05, 4.69) is 31.9 Å². The van der Waals surface area contributed by atoms with Gasteiger partial charge >= 0.3 is 5.97 Å². The monoisotopic (exact) mass is 384 g/mol. The summed E-state index contributed by atoms with van der Waals surface area (Å²) >= 11 is 6.68. The van der Waals surface area contributed by atoms with Crippen molar-refractivity contribution in [3.63, 3.8) is 0 Å². The van der Waals surface area contributed by atoms with Gasteiger partial charge in [0.2, 0.25) is 0 Å². The number of halogens is 4. The molecule has 0 bridgehead atoms. The molecule has 1 rings (SSSR count). The van der Waals surface area contributed by atoms with Crippen molar-refractivity contribution >= 4 is 37.8 Å². The van der Waals surface area contributed by atoms with Gasteiger partial charge in [0, 0.05) is 4.83 Å². The van der Waals surface area contributed by atoms with Crippen LogP contribution in [-0.2, 0) is 9.53 Å². The maximum absolute atomic E-state index is 13.1. The van der Waals surface area contributed by atoms with E-state index >= 15 is 0 Å². The number of ether oxygens (including phenoxy) is 1. The predicted molar refractivity (Wildman–Crippen MR) is 72.0 cm³/mol. The minimum atomic E-state index is -0.909. The number of hydrogen-bond donors (Lipinski definition) is 0. The lowest BCUT2D eigenvalue weighted by molar-refractivity contribution is -0.143. The Morgan fingerprint density at radius 1 is 1.33 bits per heavy atom. The van der Waals surface area contributed by atoms with Crippen molar-refractivity contribution in [3.05, 3.63) is 35.4 Å². The number of rotatable bonds is 5. The highest BCUT2D eigenvalue weighted by molar-refractivity contribution is 9.12. The van der Waals surface area contributed by atoms with Gasteiger partial charge in [-0.2, -0.15) is 0 Å². The Morgan fingerprint density at radius 3 is 2.56 bits per heavy atom. The van der Waals surface area contributed by atoms with Gasteiger partial charge in [-0.15, -0.1) is 0 Å². The van der Waals surface area contributed by atoms with Gasteiger partial charge < -0.3 is 4.74 Å². The molecule has 2 unspecified atom stereocenters. The second-order valence-electron chi connectivity index (χ2n) is 3.60. The molecule has 0 aromatic heterocycles. The molecular formula is C12H12Br2F2O2. The summed E-state index contributed by atoms with van der Waals surface area (Å²) in [5.41, 5.74) is 0.556. The van der Waals surface area contributed by atoms with Crippen molar-refractivity contribution in [2.45, 2.75) is 23.0 Å². The smallest absolute Gasteiger partial charge is 0.306 e. The van der Waals surface area contributed by atoms with E-state index in [1.807, 2.05) is 0 Å². The first-order valence-corrected chi connectivity index (χ1v) is 7.17. The molecule has 2 atom stereocenters. The third-order valence-corrected chi connectivity index (χ3v) is 4.98. The summed E-state index contributed by atoms with van der Waals surface area (Å²) in [6.07, 6.45) is 0.142. The van der Waals surface area contributed by atoms with Crippen LogP contribution in [0.2, 0.25) is 0 Å². The molecule has 0 saturated carbocycles. The Morgan fingerprint density at radius 2 is 2.00 bits per heavy atom. The molecule has 0 saturated heterocycles. The largest absolute Gasteiger partial charge is 0.466 e. The molecule has 0 aliphatic heterocycles. The summed E-state index contributed by atoms with van der Waals surface area (Å²) in [5.74, 6) is -2.14. The Kier molecular flexibility index (Phi) is 6.21. The fourth-order valence-electron chi connectivity index (χ4n) is 1.38. The minimum absolute atomic E-state index is 0.142. The third-order valence-electron chi connectivity index (χ3n) is 2.25. The highest BCUT2D eigenvalue weighted by Gasteiger charge is 2.22. The van der Waals surface area contributed by atoms with E-state index in [-0.39, 0.29) is 22.0 Å². The van der Waals surface area contributed by atoms with Crippen molar-refractivity contribution in [1.82, 2.24) is 0 Å². The molecule has 0 N–H and O–H groups in total. The first-order chi connectivity index (χ1) is 8.45.